The van der Waals surface area contributed by atoms with E-state index in [9.17, 15) is 0 Å². The van der Waals surface area contributed by atoms with Gasteiger partial charge >= 0.3 is 0 Å². The molecular weight excluding hydrogens is 457 g/mol. The van der Waals surface area contributed by atoms with Gasteiger partial charge in [0.1, 0.15) is 0 Å². The second-order valence-corrected chi connectivity index (χ2v) is 7.83. The first kappa shape index (κ1) is 15.5. The molecule has 0 bridgehead atoms. The van der Waals surface area contributed by atoms with E-state index < -0.39 is 0 Å². The first-order valence-electron chi connectivity index (χ1n) is 6.85. The number of halogens is 2. The SMILES string of the molecule is CCNC(c1ccc(I)cc1)c1csc2c(Br)cccc12. The van der Waals surface area contributed by atoms with Crippen LogP contribution in [-0.4, -0.2) is 6.54 Å². The quantitative estimate of drug-likeness (QED) is 0.462. The van der Waals surface area contributed by atoms with E-state index in [1.807, 2.05) is 0 Å². The van der Waals surface area contributed by atoms with Crippen molar-refractivity contribution in [3.63, 3.8) is 0 Å². The lowest BCUT2D eigenvalue weighted by atomic mass is 9.98. The summed E-state index contributed by atoms with van der Waals surface area (Å²) in [4.78, 5) is 0. The van der Waals surface area contributed by atoms with Crippen LogP contribution in [0.4, 0.5) is 0 Å². The summed E-state index contributed by atoms with van der Waals surface area (Å²) in [6.07, 6.45) is 0. The average molecular weight is 472 g/mol. The van der Waals surface area contributed by atoms with Gasteiger partial charge in [-0.1, -0.05) is 31.2 Å². The Kier molecular flexibility index (Phi) is 4.99. The topological polar surface area (TPSA) is 12.0 Å². The first-order valence-corrected chi connectivity index (χ1v) is 9.60. The van der Waals surface area contributed by atoms with Crippen LogP contribution in [0.25, 0.3) is 10.1 Å². The minimum absolute atomic E-state index is 0.245. The summed E-state index contributed by atoms with van der Waals surface area (Å²) in [5.74, 6) is 0. The number of hydrogen-bond acceptors (Lipinski definition) is 2. The van der Waals surface area contributed by atoms with E-state index in [2.05, 4.69) is 98.6 Å². The summed E-state index contributed by atoms with van der Waals surface area (Å²) >= 11 is 7.81. The van der Waals surface area contributed by atoms with Crippen molar-refractivity contribution in [2.75, 3.05) is 6.54 Å². The second kappa shape index (κ2) is 6.77. The smallest absolute Gasteiger partial charge is 0.0591 e. The monoisotopic (exact) mass is 471 g/mol. The highest BCUT2D eigenvalue weighted by Gasteiger charge is 2.17. The predicted molar refractivity (Wildman–Crippen MR) is 104 cm³/mol. The van der Waals surface area contributed by atoms with Crippen LogP contribution in [0.1, 0.15) is 24.1 Å². The Labute approximate surface area is 151 Å². The Bertz CT molecular complexity index is 751. The highest BCUT2D eigenvalue weighted by molar-refractivity contribution is 14.1. The lowest BCUT2D eigenvalue weighted by molar-refractivity contribution is 0.636. The van der Waals surface area contributed by atoms with E-state index in [-0.39, 0.29) is 6.04 Å². The maximum Gasteiger partial charge on any atom is 0.0591 e. The molecule has 0 saturated heterocycles. The van der Waals surface area contributed by atoms with Gasteiger partial charge in [0.2, 0.25) is 0 Å². The molecule has 1 aromatic heterocycles. The fraction of sp³-hybridized carbons (Fsp3) is 0.176. The molecule has 0 aliphatic carbocycles. The molecule has 2 aromatic carbocycles. The minimum Gasteiger partial charge on any atom is -0.306 e. The molecule has 1 nitrogen and oxygen atoms in total. The molecule has 3 aromatic rings. The second-order valence-electron chi connectivity index (χ2n) is 4.85. The molecule has 108 valence electrons. The standard InChI is InChI=1S/C17H15BrINS/c1-2-20-16(11-6-8-12(19)9-7-11)14-10-21-17-13(14)4-3-5-15(17)18/h3-10,16,20H,2H2,1H3. The van der Waals surface area contributed by atoms with Crippen LogP contribution in [0, 0.1) is 3.57 Å². The van der Waals surface area contributed by atoms with Gasteiger partial charge in [0.25, 0.3) is 0 Å². The highest BCUT2D eigenvalue weighted by atomic mass is 127. The molecule has 0 spiro atoms. The maximum atomic E-state index is 3.65. The molecular formula is C17H15BrINS. The number of rotatable bonds is 4. The molecule has 0 aliphatic rings. The zero-order valence-electron chi connectivity index (χ0n) is 11.6. The average Bonchev–Trinajstić information content (AvgIpc) is 2.91. The van der Waals surface area contributed by atoms with Gasteiger partial charge in [-0.2, -0.15) is 0 Å². The third-order valence-corrected chi connectivity index (χ3v) is 6.19. The fourth-order valence-electron chi connectivity index (χ4n) is 2.53. The van der Waals surface area contributed by atoms with Crippen molar-refractivity contribution in [3.05, 3.63) is 67.0 Å². The number of hydrogen-bond donors (Lipinski definition) is 1. The Morgan fingerprint density at radius 2 is 1.95 bits per heavy atom. The zero-order valence-corrected chi connectivity index (χ0v) is 16.1. The Hall–Kier alpha value is -0.430. The number of nitrogens with one attached hydrogen (secondary N) is 1. The van der Waals surface area contributed by atoms with Gasteiger partial charge in [0.05, 0.1) is 6.04 Å². The summed E-state index contributed by atoms with van der Waals surface area (Å²) in [5.41, 5.74) is 2.68. The van der Waals surface area contributed by atoms with Crippen LogP contribution in [0.5, 0.6) is 0 Å². The third kappa shape index (κ3) is 3.18. The Morgan fingerprint density at radius 1 is 1.19 bits per heavy atom. The fourth-order valence-corrected chi connectivity index (χ4v) is 4.54. The molecule has 0 aliphatic heterocycles. The first-order chi connectivity index (χ1) is 10.2. The summed E-state index contributed by atoms with van der Waals surface area (Å²) in [7, 11) is 0. The molecule has 1 N–H and O–H groups in total. The van der Waals surface area contributed by atoms with Gasteiger partial charge in [-0.3, -0.25) is 0 Å². The molecule has 1 atom stereocenters. The summed E-state index contributed by atoms with van der Waals surface area (Å²) in [6.45, 7) is 3.10. The lowest BCUT2D eigenvalue weighted by Crippen LogP contribution is -2.21. The van der Waals surface area contributed by atoms with Crippen LogP contribution in [0.3, 0.4) is 0 Å². The van der Waals surface area contributed by atoms with E-state index in [4.69, 9.17) is 0 Å². The molecule has 21 heavy (non-hydrogen) atoms. The summed E-state index contributed by atoms with van der Waals surface area (Å²) in [5, 5.41) is 7.23. The van der Waals surface area contributed by atoms with Gasteiger partial charge in [0.15, 0.2) is 0 Å². The zero-order chi connectivity index (χ0) is 14.8. The van der Waals surface area contributed by atoms with Crippen LogP contribution in [0.15, 0.2) is 52.3 Å². The van der Waals surface area contributed by atoms with Crippen molar-refractivity contribution in [2.45, 2.75) is 13.0 Å². The Morgan fingerprint density at radius 3 is 2.67 bits per heavy atom. The predicted octanol–water partition coefficient (Wildman–Crippen LogP) is 5.97. The van der Waals surface area contributed by atoms with E-state index >= 15 is 0 Å². The Balaban J connectivity index is 2.11. The third-order valence-electron chi connectivity index (χ3n) is 3.50. The van der Waals surface area contributed by atoms with Crippen molar-refractivity contribution in [1.82, 2.24) is 5.32 Å². The van der Waals surface area contributed by atoms with Crippen molar-refractivity contribution < 1.29 is 0 Å². The van der Waals surface area contributed by atoms with Gasteiger partial charge in [-0.15, -0.1) is 11.3 Å². The van der Waals surface area contributed by atoms with E-state index in [1.54, 1.807) is 11.3 Å². The largest absolute Gasteiger partial charge is 0.306 e. The van der Waals surface area contributed by atoms with Gasteiger partial charge < -0.3 is 5.32 Å². The van der Waals surface area contributed by atoms with Gasteiger partial charge in [-0.05, 0) is 85.2 Å². The van der Waals surface area contributed by atoms with Crippen molar-refractivity contribution >= 4 is 59.9 Å². The molecule has 1 heterocycles. The molecule has 1 unspecified atom stereocenters. The van der Waals surface area contributed by atoms with Gasteiger partial charge in [-0.25, -0.2) is 0 Å². The minimum atomic E-state index is 0.245. The molecule has 0 radical (unpaired) electrons. The summed E-state index contributed by atoms with van der Waals surface area (Å²) in [6, 6.07) is 15.5. The van der Waals surface area contributed by atoms with Gasteiger partial charge in [0, 0.05) is 12.7 Å². The molecule has 0 amide bonds. The van der Waals surface area contributed by atoms with E-state index in [0.29, 0.717) is 0 Å². The lowest BCUT2D eigenvalue weighted by Gasteiger charge is -2.18. The molecule has 4 heteroatoms. The number of fused-ring (bicyclic) bond motifs is 1. The summed E-state index contributed by atoms with van der Waals surface area (Å²) < 4.78 is 3.76. The van der Waals surface area contributed by atoms with Crippen LogP contribution in [-0.2, 0) is 0 Å². The van der Waals surface area contributed by atoms with Crippen molar-refractivity contribution in [3.8, 4) is 0 Å². The van der Waals surface area contributed by atoms with Crippen LogP contribution >= 0.6 is 49.9 Å². The maximum absolute atomic E-state index is 3.65. The molecule has 0 saturated carbocycles. The van der Waals surface area contributed by atoms with Crippen LogP contribution in [0.2, 0.25) is 0 Å². The van der Waals surface area contributed by atoms with E-state index in [0.717, 1.165) is 6.54 Å². The highest BCUT2D eigenvalue weighted by Crippen LogP contribution is 2.37. The van der Waals surface area contributed by atoms with Crippen LogP contribution < -0.4 is 5.32 Å². The number of benzene rings is 2. The molecule has 0 fully saturated rings. The number of thiophene rings is 1. The van der Waals surface area contributed by atoms with E-state index in [1.165, 1.54) is 29.3 Å². The normalized spacial score (nSPS) is 12.7. The van der Waals surface area contributed by atoms with Crippen molar-refractivity contribution in [2.24, 2.45) is 0 Å². The van der Waals surface area contributed by atoms with Crippen molar-refractivity contribution in [1.29, 1.82) is 0 Å². The molecule has 3 rings (SSSR count).